The third-order valence-corrected chi connectivity index (χ3v) is 2.52. The summed E-state index contributed by atoms with van der Waals surface area (Å²) in [7, 11) is 1.36. The van der Waals surface area contributed by atoms with Gasteiger partial charge in [-0.25, -0.2) is 4.79 Å². The molecule has 0 aliphatic heterocycles. The summed E-state index contributed by atoms with van der Waals surface area (Å²) in [6.07, 6.45) is 0. The Morgan fingerprint density at radius 1 is 1.41 bits per heavy atom. The van der Waals surface area contributed by atoms with E-state index in [2.05, 4.69) is 5.32 Å². The molecule has 4 nitrogen and oxygen atoms in total. The summed E-state index contributed by atoms with van der Waals surface area (Å²) < 4.78 is 4.71. The van der Waals surface area contributed by atoms with Crippen LogP contribution in [0.2, 0.25) is 0 Å². The minimum Gasteiger partial charge on any atom is -0.465 e. The molecular formula is C13H19NO3. The van der Waals surface area contributed by atoms with Crippen molar-refractivity contribution < 1.29 is 14.6 Å². The van der Waals surface area contributed by atoms with E-state index in [0.717, 1.165) is 5.69 Å². The van der Waals surface area contributed by atoms with Crippen molar-refractivity contribution in [1.29, 1.82) is 0 Å². The fourth-order valence-electron chi connectivity index (χ4n) is 1.32. The topological polar surface area (TPSA) is 58.6 Å². The summed E-state index contributed by atoms with van der Waals surface area (Å²) in [4.78, 5) is 11.5. The molecule has 0 saturated heterocycles. The van der Waals surface area contributed by atoms with Crippen molar-refractivity contribution in [2.45, 2.75) is 13.8 Å². The molecule has 0 saturated carbocycles. The Hall–Kier alpha value is -1.55. The number of hydrogen-bond acceptors (Lipinski definition) is 4. The molecule has 0 spiro atoms. The number of anilines is 1. The third-order valence-electron chi connectivity index (χ3n) is 2.52. The molecule has 0 amide bonds. The lowest BCUT2D eigenvalue weighted by molar-refractivity contribution is 0.0601. The smallest absolute Gasteiger partial charge is 0.339 e. The van der Waals surface area contributed by atoms with Crippen LogP contribution < -0.4 is 5.32 Å². The summed E-state index contributed by atoms with van der Waals surface area (Å²) in [5, 5.41) is 12.3. The van der Waals surface area contributed by atoms with Gasteiger partial charge < -0.3 is 15.2 Å². The summed E-state index contributed by atoms with van der Waals surface area (Å²) in [5.41, 5.74) is 0.994. The number of aliphatic hydroxyl groups is 1. The molecule has 0 atom stereocenters. The molecule has 0 radical (unpaired) electrons. The molecular weight excluding hydrogens is 218 g/mol. The molecule has 0 aliphatic rings. The second kappa shape index (κ2) is 5.68. The maximum absolute atomic E-state index is 11.5. The Morgan fingerprint density at radius 2 is 2.06 bits per heavy atom. The summed E-state index contributed by atoms with van der Waals surface area (Å²) in [6, 6.07) is 7.16. The molecule has 1 rings (SSSR count). The molecule has 17 heavy (non-hydrogen) atoms. The fourth-order valence-corrected chi connectivity index (χ4v) is 1.32. The van der Waals surface area contributed by atoms with Gasteiger partial charge in [-0.3, -0.25) is 0 Å². The monoisotopic (exact) mass is 237 g/mol. The summed E-state index contributed by atoms with van der Waals surface area (Å²) in [5.74, 6) is -0.366. The van der Waals surface area contributed by atoms with Crippen LogP contribution in [-0.2, 0) is 4.74 Å². The van der Waals surface area contributed by atoms with Gasteiger partial charge in [0, 0.05) is 24.3 Å². The first-order valence-corrected chi connectivity index (χ1v) is 5.52. The molecule has 4 heteroatoms. The number of aliphatic hydroxyl groups excluding tert-OH is 1. The molecule has 0 unspecified atom stereocenters. The van der Waals surface area contributed by atoms with Crippen LogP contribution in [0.1, 0.15) is 24.2 Å². The van der Waals surface area contributed by atoms with E-state index in [9.17, 15) is 4.79 Å². The van der Waals surface area contributed by atoms with E-state index in [0.29, 0.717) is 12.1 Å². The van der Waals surface area contributed by atoms with E-state index < -0.39 is 0 Å². The van der Waals surface area contributed by atoms with Gasteiger partial charge in [0.1, 0.15) is 0 Å². The normalized spacial score (nSPS) is 11.1. The lowest BCUT2D eigenvalue weighted by atomic mass is 9.95. The van der Waals surface area contributed by atoms with Gasteiger partial charge >= 0.3 is 5.97 Å². The molecule has 1 aromatic carbocycles. The highest BCUT2D eigenvalue weighted by molar-refractivity contribution is 5.95. The zero-order valence-corrected chi connectivity index (χ0v) is 10.5. The first-order valence-electron chi connectivity index (χ1n) is 5.52. The van der Waals surface area contributed by atoms with Gasteiger partial charge in [0.05, 0.1) is 12.7 Å². The molecule has 1 aromatic rings. The van der Waals surface area contributed by atoms with Crippen LogP contribution in [0.5, 0.6) is 0 Å². The minimum absolute atomic E-state index is 0.0837. The van der Waals surface area contributed by atoms with Crippen LogP contribution in [0.25, 0.3) is 0 Å². The maximum atomic E-state index is 11.5. The average Bonchev–Trinajstić information content (AvgIpc) is 2.36. The molecule has 0 bridgehead atoms. The van der Waals surface area contributed by atoms with Gasteiger partial charge in [-0.2, -0.15) is 0 Å². The van der Waals surface area contributed by atoms with E-state index in [-0.39, 0.29) is 18.0 Å². The van der Waals surface area contributed by atoms with Crippen molar-refractivity contribution >= 4 is 11.7 Å². The van der Waals surface area contributed by atoms with Gasteiger partial charge in [0.2, 0.25) is 0 Å². The largest absolute Gasteiger partial charge is 0.465 e. The maximum Gasteiger partial charge on any atom is 0.339 e. The van der Waals surface area contributed by atoms with Crippen molar-refractivity contribution in [2.75, 3.05) is 25.6 Å². The number of methoxy groups -OCH3 is 1. The first-order chi connectivity index (χ1) is 8.00. The van der Waals surface area contributed by atoms with Crippen LogP contribution in [-0.4, -0.2) is 31.3 Å². The zero-order chi connectivity index (χ0) is 12.9. The van der Waals surface area contributed by atoms with E-state index in [1.165, 1.54) is 7.11 Å². The highest BCUT2D eigenvalue weighted by atomic mass is 16.5. The Bertz CT molecular complexity index is 388. The molecule has 0 fully saturated rings. The number of ether oxygens (including phenoxy) is 1. The van der Waals surface area contributed by atoms with Crippen molar-refractivity contribution in [3.63, 3.8) is 0 Å². The number of carbonyl (C=O) groups is 1. The van der Waals surface area contributed by atoms with Gasteiger partial charge in [0.25, 0.3) is 0 Å². The predicted octanol–water partition coefficient (Wildman–Crippen LogP) is 1.90. The van der Waals surface area contributed by atoms with Crippen LogP contribution in [0.3, 0.4) is 0 Å². The molecule has 2 N–H and O–H groups in total. The van der Waals surface area contributed by atoms with E-state index >= 15 is 0 Å². The van der Waals surface area contributed by atoms with E-state index in [1.807, 2.05) is 26.0 Å². The van der Waals surface area contributed by atoms with E-state index in [1.54, 1.807) is 12.1 Å². The lowest BCUT2D eigenvalue weighted by Gasteiger charge is -2.23. The fraction of sp³-hybridized carbons (Fsp3) is 0.462. The highest BCUT2D eigenvalue weighted by Gasteiger charge is 2.18. The minimum atomic E-state index is -0.366. The number of esters is 1. The Labute approximate surface area is 102 Å². The van der Waals surface area contributed by atoms with Crippen LogP contribution in [0.15, 0.2) is 24.3 Å². The number of hydrogen-bond donors (Lipinski definition) is 2. The number of nitrogens with one attached hydrogen (secondary N) is 1. The number of rotatable bonds is 5. The van der Waals surface area contributed by atoms with E-state index in [4.69, 9.17) is 9.84 Å². The molecule has 0 aliphatic carbocycles. The SMILES string of the molecule is COC(=O)c1ccccc1NCC(C)(C)CO. The standard InChI is InChI=1S/C13H19NO3/c1-13(2,9-15)8-14-11-7-5-4-6-10(11)12(16)17-3/h4-7,14-15H,8-9H2,1-3H3. The van der Waals surface area contributed by atoms with Crippen molar-refractivity contribution in [1.82, 2.24) is 0 Å². The number of benzene rings is 1. The van der Waals surface area contributed by atoms with Crippen LogP contribution >= 0.6 is 0 Å². The Morgan fingerprint density at radius 3 is 2.65 bits per heavy atom. The summed E-state index contributed by atoms with van der Waals surface area (Å²) >= 11 is 0. The van der Waals surface area contributed by atoms with Crippen molar-refractivity contribution in [2.24, 2.45) is 5.41 Å². The van der Waals surface area contributed by atoms with Gasteiger partial charge in [-0.1, -0.05) is 26.0 Å². The lowest BCUT2D eigenvalue weighted by Crippen LogP contribution is -2.27. The van der Waals surface area contributed by atoms with Crippen molar-refractivity contribution in [3.05, 3.63) is 29.8 Å². The molecule has 0 heterocycles. The number of para-hydroxylation sites is 1. The number of carbonyl (C=O) groups excluding carboxylic acids is 1. The van der Waals surface area contributed by atoms with Crippen molar-refractivity contribution in [3.8, 4) is 0 Å². The third kappa shape index (κ3) is 3.75. The second-order valence-electron chi connectivity index (χ2n) is 4.71. The second-order valence-corrected chi connectivity index (χ2v) is 4.71. The highest BCUT2D eigenvalue weighted by Crippen LogP contribution is 2.19. The zero-order valence-electron chi connectivity index (χ0n) is 10.5. The van der Waals surface area contributed by atoms with Gasteiger partial charge in [0.15, 0.2) is 0 Å². The van der Waals surface area contributed by atoms with Crippen LogP contribution in [0, 0.1) is 5.41 Å². The molecule has 0 aromatic heterocycles. The molecule has 94 valence electrons. The Kier molecular flexibility index (Phi) is 4.52. The average molecular weight is 237 g/mol. The van der Waals surface area contributed by atoms with Gasteiger partial charge in [-0.15, -0.1) is 0 Å². The van der Waals surface area contributed by atoms with Crippen LogP contribution in [0.4, 0.5) is 5.69 Å². The van der Waals surface area contributed by atoms with Gasteiger partial charge in [-0.05, 0) is 12.1 Å². The quantitative estimate of drug-likeness (QED) is 0.768. The summed E-state index contributed by atoms with van der Waals surface area (Å²) in [6.45, 7) is 4.55. The first kappa shape index (κ1) is 13.5. The predicted molar refractivity (Wildman–Crippen MR) is 67.1 cm³/mol. The Balaban J connectivity index is 2.81.